The fraction of sp³-hybridized carbons (Fsp3) is 0.857. The number of hydrogen-bond acceptors (Lipinski definition) is 4. The lowest BCUT2D eigenvalue weighted by molar-refractivity contribution is -0.146. The first-order valence-corrected chi connectivity index (χ1v) is 9.39. The van der Waals surface area contributed by atoms with Crippen LogP contribution >= 0.6 is 0 Å². The molecule has 7 heteroatoms. The molecule has 122 valence electrons. The van der Waals surface area contributed by atoms with Gasteiger partial charge in [-0.25, -0.2) is 8.42 Å². The molecule has 1 saturated heterocycles. The van der Waals surface area contributed by atoms with Gasteiger partial charge in [-0.3, -0.25) is 9.59 Å². The number of sulfone groups is 1. The maximum Gasteiger partial charge on any atom is 0.323 e. The van der Waals surface area contributed by atoms with Gasteiger partial charge < -0.3 is 10.0 Å². The Balaban J connectivity index is 2.53. The van der Waals surface area contributed by atoms with E-state index in [1.807, 2.05) is 0 Å². The van der Waals surface area contributed by atoms with E-state index < -0.39 is 28.4 Å². The molecule has 0 spiro atoms. The Hall–Kier alpha value is -1.11. The molecule has 1 rings (SSSR count). The molecule has 0 saturated carbocycles. The molecule has 1 unspecified atom stereocenters. The van der Waals surface area contributed by atoms with Crippen LogP contribution < -0.4 is 0 Å². The predicted molar refractivity (Wildman–Crippen MR) is 79.8 cm³/mol. The number of carbonyl (C=O) groups excluding carboxylic acids is 1. The van der Waals surface area contributed by atoms with Crippen molar-refractivity contribution in [3.05, 3.63) is 0 Å². The molecule has 0 bridgehead atoms. The lowest BCUT2D eigenvalue weighted by Gasteiger charge is -2.26. The Morgan fingerprint density at radius 1 is 1.19 bits per heavy atom. The van der Waals surface area contributed by atoms with E-state index in [-0.39, 0.29) is 17.4 Å². The van der Waals surface area contributed by atoms with Crippen molar-refractivity contribution in [2.75, 3.05) is 18.1 Å². The fourth-order valence-corrected chi connectivity index (χ4v) is 4.34. The van der Waals surface area contributed by atoms with Gasteiger partial charge in [-0.05, 0) is 12.8 Å². The first-order valence-electron chi connectivity index (χ1n) is 7.57. The van der Waals surface area contributed by atoms with E-state index in [0.29, 0.717) is 12.8 Å². The molecule has 0 aromatic carbocycles. The summed E-state index contributed by atoms with van der Waals surface area (Å²) in [6, 6.07) is -0.478. The molecule has 0 radical (unpaired) electrons. The van der Waals surface area contributed by atoms with Gasteiger partial charge in [0.1, 0.15) is 6.54 Å². The largest absolute Gasteiger partial charge is 0.480 e. The average Bonchev–Trinajstić information content (AvgIpc) is 2.75. The number of carbonyl (C=O) groups is 2. The maximum atomic E-state index is 12.2. The van der Waals surface area contributed by atoms with Crippen molar-refractivity contribution in [3.63, 3.8) is 0 Å². The molecule has 1 amide bonds. The zero-order valence-corrected chi connectivity index (χ0v) is 13.4. The van der Waals surface area contributed by atoms with Crippen molar-refractivity contribution in [3.8, 4) is 0 Å². The Bertz CT molecular complexity index is 460. The second-order valence-electron chi connectivity index (χ2n) is 5.64. The zero-order valence-electron chi connectivity index (χ0n) is 12.6. The van der Waals surface area contributed by atoms with E-state index in [0.717, 1.165) is 32.1 Å². The average molecular weight is 319 g/mol. The van der Waals surface area contributed by atoms with Gasteiger partial charge in [0.15, 0.2) is 9.84 Å². The van der Waals surface area contributed by atoms with Crippen LogP contribution in [0.25, 0.3) is 0 Å². The third-order valence-corrected chi connectivity index (χ3v) is 5.52. The number of nitrogens with zero attached hydrogens (tertiary/aromatic N) is 1. The van der Waals surface area contributed by atoms with E-state index in [2.05, 4.69) is 6.92 Å². The van der Waals surface area contributed by atoms with E-state index in [1.165, 1.54) is 4.90 Å². The first kappa shape index (κ1) is 17.9. The minimum Gasteiger partial charge on any atom is -0.480 e. The summed E-state index contributed by atoms with van der Waals surface area (Å²) in [5.74, 6) is -1.41. The highest BCUT2D eigenvalue weighted by Crippen LogP contribution is 2.19. The molecule has 0 aliphatic carbocycles. The van der Waals surface area contributed by atoms with Gasteiger partial charge in [0.2, 0.25) is 5.91 Å². The summed E-state index contributed by atoms with van der Waals surface area (Å²) in [5, 5.41) is 8.92. The number of rotatable bonds is 9. The van der Waals surface area contributed by atoms with Gasteiger partial charge in [0, 0.05) is 12.5 Å². The Kier molecular flexibility index (Phi) is 7.14. The predicted octanol–water partition coefficient (Wildman–Crippen LogP) is 1.45. The monoisotopic (exact) mass is 319 g/mol. The summed E-state index contributed by atoms with van der Waals surface area (Å²) in [6.45, 7) is 1.70. The van der Waals surface area contributed by atoms with Gasteiger partial charge in [0.05, 0.1) is 11.5 Å². The molecule has 1 N–H and O–H groups in total. The van der Waals surface area contributed by atoms with Crippen LogP contribution in [0.5, 0.6) is 0 Å². The second-order valence-corrected chi connectivity index (χ2v) is 7.87. The highest BCUT2D eigenvalue weighted by atomic mass is 32.2. The summed E-state index contributed by atoms with van der Waals surface area (Å²) in [4.78, 5) is 24.3. The molecular formula is C14H25NO5S. The van der Waals surface area contributed by atoms with Crippen molar-refractivity contribution in [1.82, 2.24) is 4.90 Å². The first-order chi connectivity index (χ1) is 9.85. The summed E-state index contributed by atoms with van der Waals surface area (Å²) in [6.07, 6.45) is 5.65. The van der Waals surface area contributed by atoms with Crippen molar-refractivity contribution >= 4 is 21.7 Å². The fourth-order valence-electron chi connectivity index (χ4n) is 2.61. The molecule has 6 nitrogen and oxygen atoms in total. The minimum absolute atomic E-state index is 0.0393. The molecule has 1 heterocycles. The van der Waals surface area contributed by atoms with E-state index in [1.54, 1.807) is 0 Å². The van der Waals surface area contributed by atoms with Crippen LogP contribution in [0.1, 0.15) is 51.9 Å². The van der Waals surface area contributed by atoms with Gasteiger partial charge >= 0.3 is 5.97 Å². The summed E-state index contributed by atoms with van der Waals surface area (Å²) in [7, 11) is -3.13. The Morgan fingerprint density at radius 2 is 1.86 bits per heavy atom. The van der Waals surface area contributed by atoms with Gasteiger partial charge in [0.25, 0.3) is 0 Å². The number of hydrogen-bond donors (Lipinski definition) is 1. The van der Waals surface area contributed by atoms with Crippen LogP contribution in [-0.4, -0.2) is 54.4 Å². The molecule has 0 aromatic heterocycles. The maximum absolute atomic E-state index is 12.2. The molecule has 21 heavy (non-hydrogen) atoms. The van der Waals surface area contributed by atoms with Crippen molar-refractivity contribution in [1.29, 1.82) is 0 Å². The van der Waals surface area contributed by atoms with Crippen LogP contribution in [0.3, 0.4) is 0 Å². The van der Waals surface area contributed by atoms with Crippen LogP contribution in [0.2, 0.25) is 0 Å². The SMILES string of the molecule is CCCCCCCC(=O)N(CC(=O)O)C1CCS(=O)(=O)C1. The van der Waals surface area contributed by atoms with Crippen molar-refractivity contribution < 1.29 is 23.1 Å². The summed E-state index contributed by atoms with van der Waals surface area (Å²) < 4.78 is 23.0. The molecular weight excluding hydrogens is 294 g/mol. The van der Waals surface area contributed by atoms with E-state index in [9.17, 15) is 18.0 Å². The lowest BCUT2D eigenvalue weighted by Crippen LogP contribution is -2.44. The molecule has 1 aliphatic rings. The summed E-state index contributed by atoms with van der Waals surface area (Å²) in [5.41, 5.74) is 0. The standard InChI is InChI=1S/C14H25NO5S/c1-2-3-4-5-6-7-13(16)15(10-14(17)18)12-8-9-21(19,20)11-12/h12H,2-11H2,1H3,(H,17,18). The Morgan fingerprint density at radius 3 is 2.38 bits per heavy atom. The molecule has 0 aromatic rings. The Labute approximate surface area is 126 Å². The second kappa shape index (κ2) is 8.36. The number of carboxylic acid groups (broad SMARTS) is 1. The van der Waals surface area contributed by atoms with Gasteiger partial charge in [-0.2, -0.15) is 0 Å². The molecule has 1 atom stereocenters. The minimum atomic E-state index is -3.13. The van der Waals surface area contributed by atoms with E-state index in [4.69, 9.17) is 5.11 Å². The van der Waals surface area contributed by atoms with Crippen molar-refractivity contribution in [2.24, 2.45) is 0 Å². The third kappa shape index (κ3) is 6.46. The van der Waals surface area contributed by atoms with Crippen LogP contribution in [-0.2, 0) is 19.4 Å². The van der Waals surface area contributed by atoms with Gasteiger partial charge in [-0.1, -0.05) is 32.6 Å². The quantitative estimate of drug-likeness (QED) is 0.649. The number of aliphatic carboxylic acids is 1. The highest BCUT2D eigenvalue weighted by molar-refractivity contribution is 7.91. The lowest BCUT2D eigenvalue weighted by atomic mass is 10.1. The van der Waals surface area contributed by atoms with Crippen LogP contribution in [0, 0.1) is 0 Å². The van der Waals surface area contributed by atoms with E-state index >= 15 is 0 Å². The zero-order chi connectivity index (χ0) is 15.9. The topological polar surface area (TPSA) is 91.8 Å². The molecule has 1 aliphatic heterocycles. The third-order valence-electron chi connectivity index (χ3n) is 3.77. The van der Waals surface area contributed by atoms with Gasteiger partial charge in [-0.15, -0.1) is 0 Å². The molecule has 1 fully saturated rings. The number of unbranched alkanes of at least 4 members (excludes halogenated alkanes) is 4. The number of amides is 1. The smallest absolute Gasteiger partial charge is 0.323 e. The normalized spacial score (nSPS) is 20.3. The highest BCUT2D eigenvalue weighted by Gasteiger charge is 2.35. The van der Waals surface area contributed by atoms with Crippen molar-refractivity contribution in [2.45, 2.75) is 57.9 Å². The van der Waals surface area contributed by atoms with Crippen LogP contribution in [0.15, 0.2) is 0 Å². The van der Waals surface area contributed by atoms with Crippen LogP contribution in [0.4, 0.5) is 0 Å². The number of carboxylic acids is 1. The summed E-state index contributed by atoms with van der Waals surface area (Å²) >= 11 is 0.